The number of urea groups is 1. The van der Waals surface area contributed by atoms with Crippen LogP contribution in [0.25, 0.3) is 0 Å². The minimum Gasteiger partial charge on any atom is -0.480 e. The van der Waals surface area contributed by atoms with Gasteiger partial charge in [-0.15, -0.1) is 0 Å². The van der Waals surface area contributed by atoms with Crippen LogP contribution < -0.4 is 32.3 Å². The summed E-state index contributed by atoms with van der Waals surface area (Å²) in [4.78, 5) is 167. The third-order valence-electron chi connectivity index (χ3n) is 18.0. The molecule has 0 unspecified atom stereocenters. The van der Waals surface area contributed by atoms with Gasteiger partial charge in [0.05, 0.1) is 36.6 Å². The van der Waals surface area contributed by atoms with Crippen LogP contribution in [0.15, 0.2) is 67.3 Å². The first kappa shape index (κ1) is 82.8. The highest BCUT2D eigenvalue weighted by molar-refractivity contribution is 6.00. The molecule has 1 aliphatic heterocycles. The van der Waals surface area contributed by atoms with Gasteiger partial charge in [0.1, 0.15) is 36.8 Å². The fourth-order valence-corrected chi connectivity index (χ4v) is 12.4. The Morgan fingerprint density at radius 1 is 0.722 bits per heavy atom. The van der Waals surface area contributed by atoms with E-state index < -0.39 is 132 Å². The molecule has 0 radical (unpaired) electrons. The molecule has 0 aromatic heterocycles. The van der Waals surface area contributed by atoms with Gasteiger partial charge in [-0.3, -0.25) is 53.0 Å². The Bertz CT molecular complexity index is 2970. The number of imide groups is 1. The lowest BCUT2D eigenvalue weighted by Crippen LogP contribution is -2.60. The van der Waals surface area contributed by atoms with Gasteiger partial charge >= 0.3 is 18.1 Å². The zero-order valence-electron chi connectivity index (χ0n) is 59.6. The third kappa shape index (κ3) is 25.2. The molecule has 0 bridgehead atoms. The van der Waals surface area contributed by atoms with Gasteiger partial charge < -0.3 is 66.3 Å². The molecule has 97 heavy (non-hydrogen) atoms. The summed E-state index contributed by atoms with van der Waals surface area (Å²) < 4.78 is 17.7. The minimum absolute atomic E-state index is 0.0744. The number of unbranched alkanes of at least 4 members (excludes halogenated alkanes) is 2. The van der Waals surface area contributed by atoms with Crippen LogP contribution in [0, 0.1) is 29.6 Å². The van der Waals surface area contributed by atoms with Crippen molar-refractivity contribution in [2.45, 2.75) is 201 Å². The Hall–Kier alpha value is -8.46. The van der Waals surface area contributed by atoms with Gasteiger partial charge in [0.2, 0.25) is 47.3 Å². The van der Waals surface area contributed by atoms with Gasteiger partial charge in [0.15, 0.2) is 0 Å². The van der Waals surface area contributed by atoms with Gasteiger partial charge in [0.25, 0.3) is 5.91 Å². The predicted molar refractivity (Wildman–Crippen MR) is 365 cm³/mol. The van der Waals surface area contributed by atoms with Crippen LogP contribution >= 0.6 is 0 Å². The highest BCUT2D eigenvalue weighted by Gasteiger charge is 2.44. The maximum Gasteiger partial charge on any atom is 0.410 e. The second-order valence-electron chi connectivity index (χ2n) is 26.2. The molecule has 1 heterocycles. The summed E-state index contributed by atoms with van der Waals surface area (Å²) in [5.41, 5.74) is 6.84. The molecule has 1 fully saturated rings. The first-order valence-electron chi connectivity index (χ1n) is 33.6. The number of ether oxygens (including phenoxy) is 3. The number of nitrogens with zero attached hydrogens (tertiary/aromatic N) is 5. The van der Waals surface area contributed by atoms with Gasteiger partial charge in [-0.1, -0.05) is 124 Å². The van der Waals surface area contributed by atoms with Crippen LogP contribution in [0.3, 0.4) is 0 Å². The molecule has 2 aromatic carbocycles. The molecule has 11 atom stereocenters. The van der Waals surface area contributed by atoms with Crippen molar-refractivity contribution in [3.05, 3.63) is 78.4 Å². The Balaban J connectivity index is 1.71. The molecule has 540 valence electrons. The van der Waals surface area contributed by atoms with E-state index in [2.05, 4.69) is 33.2 Å². The molecular formula is C70H109N11O16. The minimum atomic E-state index is -1.19. The third-order valence-corrected chi connectivity index (χ3v) is 18.0. The smallest absolute Gasteiger partial charge is 0.410 e. The van der Waals surface area contributed by atoms with E-state index >= 15 is 0 Å². The Morgan fingerprint density at radius 3 is 1.88 bits per heavy atom. The lowest BCUT2D eigenvalue weighted by Gasteiger charge is -2.41. The number of carbonyl (C=O) groups is 12. The van der Waals surface area contributed by atoms with Crippen molar-refractivity contribution in [1.29, 1.82) is 0 Å². The summed E-state index contributed by atoms with van der Waals surface area (Å²) in [6, 6.07) is 7.90. The van der Waals surface area contributed by atoms with Crippen LogP contribution in [0.5, 0.6) is 0 Å². The van der Waals surface area contributed by atoms with E-state index in [1.165, 1.54) is 45.0 Å². The number of rotatable bonds is 40. The van der Waals surface area contributed by atoms with Crippen LogP contribution in [0.2, 0.25) is 0 Å². The van der Waals surface area contributed by atoms with Crippen molar-refractivity contribution in [3.63, 3.8) is 0 Å². The number of anilines is 1. The molecule has 0 saturated carbocycles. The molecule has 0 aliphatic carbocycles. The number of hydrogen-bond donors (Lipinski definition) is 7. The summed E-state index contributed by atoms with van der Waals surface area (Å²) >= 11 is 0. The highest BCUT2D eigenvalue weighted by atomic mass is 16.6. The number of methoxy groups -OCH3 is 2. The lowest BCUT2D eigenvalue weighted by atomic mass is 9.89. The second kappa shape index (κ2) is 40.9. The largest absolute Gasteiger partial charge is 0.480 e. The quantitative estimate of drug-likeness (QED) is 0.0314. The summed E-state index contributed by atoms with van der Waals surface area (Å²) in [7, 11) is 7.47. The van der Waals surface area contributed by atoms with Crippen LogP contribution in [0.4, 0.5) is 15.3 Å². The molecular weight excluding hydrogens is 1250 g/mol. The monoisotopic (exact) mass is 1360 g/mol. The first-order chi connectivity index (χ1) is 45.8. The predicted octanol–water partition coefficient (Wildman–Crippen LogP) is 5.63. The number of carbonyl (C=O) groups excluding carboxylic acids is 11. The maximum absolute atomic E-state index is 14.8. The topological polar surface area (TPSA) is 355 Å². The van der Waals surface area contributed by atoms with Crippen molar-refractivity contribution in [1.82, 2.24) is 45.8 Å². The molecule has 12 amide bonds. The number of nitrogens with two attached hydrogens (primary N) is 1. The first-order valence-corrected chi connectivity index (χ1v) is 33.6. The lowest BCUT2D eigenvalue weighted by molar-refractivity contribution is -0.148. The van der Waals surface area contributed by atoms with Gasteiger partial charge in [0, 0.05) is 80.4 Å². The number of primary amides is 1. The maximum atomic E-state index is 14.8. The van der Waals surface area contributed by atoms with Crippen molar-refractivity contribution >= 4 is 76.9 Å². The van der Waals surface area contributed by atoms with Crippen LogP contribution in [-0.4, -0.2) is 210 Å². The van der Waals surface area contributed by atoms with Gasteiger partial charge in [-0.2, -0.15) is 0 Å². The Morgan fingerprint density at radius 2 is 1.33 bits per heavy atom. The fourth-order valence-electron chi connectivity index (χ4n) is 12.4. The number of hydrogen-bond acceptors (Lipinski definition) is 15. The molecule has 1 aliphatic rings. The van der Waals surface area contributed by atoms with E-state index in [1.807, 2.05) is 19.9 Å². The summed E-state index contributed by atoms with van der Waals surface area (Å²) in [6.45, 7) is 21.3. The number of likely N-dealkylation sites (tertiary alicyclic amines) is 1. The number of nitrogens with one attached hydrogen (secondary N) is 5. The standard InChI is InChI=1S/C70H109N11O16/c1-17-45(9)61(54(95-15)40-57(85)81-38-26-30-53(81)62(96-16)46(10)63(86)75-52(68(91)92)39-48-27-21-19-22-28-48)78(13)67(90)58(42(3)4)76-66(89)60(44(7)8)79(14)70(94)97-41-49-32-34-50(35-33-49)73-64(87)51(29-25-36-72-69(71)93)74-65(88)59(43(5)6)77(12)56(84)31-23-20-24-37-80(47(11)82)55(83)18-2/h18-19,21-22,27-28,32-35,42-46,51-54,58-62H,2,17,20,23-26,29-31,36-41H2,1,3-16H3,(H,73,87)(H,74,88)(H,75,86)(H,76,89)(H,91,92)(H3,71,72,93)/t45-,46+,51-,52-,53-,54+,58-,59-,60-,61-,62+/m0/s1. The van der Waals surface area contributed by atoms with Crippen molar-refractivity contribution in [2.75, 3.05) is 60.3 Å². The van der Waals surface area contributed by atoms with E-state index in [-0.39, 0.29) is 75.5 Å². The van der Waals surface area contributed by atoms with Gasteiger partial charge in [-0.05, 0) is 91.5 Å². The van der Waals surface area contributed by atoms with Crippen molar-refractivity contribution in [2.24, 2.45) is 35.3 Å². The normalized spacial score (nSPS) is 16.0. The van der Waals surface area contributed by atoms with E-state index in [4.69, 9.17) is 19.9 Å². The summed E-state index contributed by atoms with van der Waals surface area (Å²) in [5, 5.41) is 23.7. The Labute approximate surface area is 572 Å². The molecule has 1 saturated heterocycles. The molecule has 3 rings (SSSR count). The number of benzene rings is 2. The van der Waals surface area contributed by atoms with E-state index in [0.29, 0.717) is 56.3 Å². The second-order valence-corrected chi connectivity index (χ2v) is 26.2. The number of carboxylic acid groups (broad SMARTS) is 1. The van der Waals surface area contributed by atoms with Crippen molar-refractivity contribution in [3.8, 4) is 0 Å². The average Bonchev–Trinajstić information content (AvgIpc) is 1.88. The molecule has 27 heteroatoms. The number of likely N-dealkylation sites (N-methyl/N-ethyl adjacent to an activating group) is 3. The Kier molecular flexibility index (Phi) is 34.9. The van der Waals surface area contributed by atoms with Crippen LogP contribution in [0.1, 0.15) is 145 Å². The van der Waals surface area contributed by atoms with E-state index in [0.717, 1.165) is 21.4 Å². The van der Waals surface area contributed by atoms with Gasteiger partial charge in [-0.25, -0.2) is 14.4 Å². The average molecular weight is 1360 g/mol. The zero-order chi connectivity index (χ0) is 73.0. The SMILES string of the molecule is C=CC(=O)N(CCCCCC(=O)N(C)[C@H](C(=O)N[C@@H](CCCNC(N)=O)C(=O)Nc1ccc(COC(=O)N(C)[C@H](C(=O)N[C@H](C(=O)N(C)[C@@H]([C@@H](C)CC)[C@@H](CC(=O)N2CCC[C@H]2[C@H](OC)[C@@H](C)C(=O)N[C@@H](Cc2ccccc2)C(=O)O)OC)C(C)C)C(C)C)cc1)C(C)C)C(C)=O. The number of aliphatic carboxylic acids is 1. The molecule has 8 N–H and O–H groups in total. The highest BCUT2D eigenvalue weighted by Crippen LogP contribution is 2.30. The molecule has 0 spiro atoms. The van der Waals surface area contributed by atoms with Crippen molar-refractivity contribution < 1.29 is 76.9 Å². The number of amides is 12. The fraction of sp³-hybridized carbons (Fsp3) is 0.629. The summed E-state index contributed by atoms with van der Waals surface area (Å²) in [6.07, 6.45) is 2.13. The number of carboxylic acids is 1. The van der Waals surface area contributed by atoms with E-state index in [9.17, 15) is 62.6 Å². The zero-order valence-corrected chi connectivity index (χ0v) is 59.6. The molecule has 2 aromatic rings. The molecule has 27 nitrogen and oxygen atoms in total. The van der Waals surface area contributed by atoms with Crippen LogP contribution in [-0.2, 0) is 75.2 Å². The summed E-state index contributed by atoms with van der Waals surface area (Å²) in [5.74, 6) is -7.80. The van der Waals surface area contributed by atoms with E-state index in [1.54, 1.807) is 109 Å².